The van der Waals surface area contributed by atoms with Gasteiger partial charge in [-0.05, 0) is 41.7 Å². The summed E-state index contributed by atoms with van der Waals surface area (Å²) in [5.41, 5.74) is 0.173. The van der Waals surface area contributed by atoms with Crippen LogP contribution in [0, 0.1) is 17.2 Å². The van der Waals surface area contributed by atoms with E-state index in [1.807, 2.05) is 32.6 Å². The monoisotopic (exact) mass is 808 g/mol. The number of nitrogens with zero attached hydrogens (tertiary/aromatic N) is 5. The van der Waals surface area contributed by atoms with Crippen LogP contribution in [-0.2, 0) is 14.3 Å². The number of halogens is 4. The molecule has 2 aromatic heterocycles. The van der Waals surface area contributed by atoms with Gasteiger partial charge in [-0.3, -0.25) is 14.4 Å². The fraction of sp³-hybridized carbons (Fsp3) is 0.400. The first-order valence-corrected chi connectivity index (χ1v) is 18.6. The Labute approximate surface area is 331 Å². The molecule has 2 aliphatic heterocycles. The second-order valence-corrected chi connectivity index (χ2v) is 15.3. The van der Waals surface area contributed by atoms with Gasteiger partial charge >= 0.3 is 12.5 Å². The lowest BCUT2D eigenvalue weighted by Crippen LogP contribution is -2.51. The Hall–Kier alpha value is -6.20. The summed E-state index contributed by atoms with van der Waals surface area (Å²) in [4.78, 5) is 67.6. The van der Waals surface area contributed by atoms with Gasteiger partial charge in [-0.1, -0.05) is 52.0 Å². The molecule has 58 heavy (non-hydrogen) atoms. The van der Waals surface area contributed by atoms with Crippen LogP contribution in [0.3, 0.4) is 0 Å². The van der Waals surface area contributed by atoms with Crippen molar-refractivity contribution in [2.24, 2.45) is 11.3 Å². The lowest BCUT2D eigenvalue weighted by Gasteiger charge is -2.38. The van der Waals surface area contributed by atoms with Gasteiger partial charge in [0.2, 0.25) is 11.8 Å². The minimum Gasteiger partial charge on any atom is -0.453 e. The van der Waals surface area contributed by atoms with E-state index >= 15 is 4.39 Å². The number of alkyl carbamates (subject to hydrolysis) is 1. The van der Waals surface area contributed by atoms with Gasteiger partial charge in [0.25, 0.3) is 5.91 Å². The van der Waals surface area contributed by atoms with Crippen molar-refractivity contribution in [2.75, 3.05) is 56.6 Å². The molecule has 0 spiro atoms. The van der Waals surface area contributed by atoms with Gasteiger partial charge < -0.3 is 39.8 Å². The highest BCUT2D eigenvalue weighted by Gasteiger charge is 2.36. The first-order chi connectivity index (χ1) is 27.4. The molecule has 308 valence electrons. The Morgan fingerprint density at radius 1 is 0.931 bits per heavy atom. The molecular weight excluding hydrogens is 764 g/mol. The number of methoxy groups -OCH3 is 1. The molecular formula is C40H44F4N8O6. The lowest BCUT2D eigenvalue weighted by molar-refractivity contribution is -0.274. The molecule has 4 amide bonds. The van der Waals surface area contributed by atoms with Crippen molar-refractivity contribution in [2.45, 2.75) is 46.5 Å². The molecule has 3 N–H and O–H groups in total. The molecule has 6 rings (SSSR count). The highest BCUT2D eigenvalue weighted by Crippen LogP contribution is 2.39. The molecule has 14 nitrogen and oxygen atoms in total. The molecule has 2 aliphatic rings. The molecule has 2 atom stereocenters. The van der Waals surface area contributed by atoms with E-state index in [4.69, 9.17) is 0 Å². The normalized spacial score (nSPS) is 17.2. The number of carbonyl (C=O) groups is 4. The Balaban J connectivity index is 1.15. The summed E-state index contributed by atoms with van der Waals surface area (Å²) >= 11 is 0. The number of nitrogens with one attached hydrogen (secondary N) is 3. The van der Waals surface area contributed by atoms with Crippen LogP contribution in [0.5, 0.6) is 5.75 Å². The summed E-state index contributed by atoms with van der Waals surface area (Å²) in [5.74, 6) is -1.52. The smallest absolute Gasteiger partial charge is 0.453 e. The maximum absolute atomic E-state index is 15.5. The van der Waals surface area contributed by atoms with Crippen molar-refractivity contribution in [3.8, 4) is 28.1 Å². The summed E-state index contributed by atoms with van der Waals surface area (Å²) in [5, 5.41) is 4.72. The van der Waals surface area contributed by atoms with Crippen LogP contribution in [0.2, 0.25) is 0 Å². The third kappa shape index (κ3) is 9.66. The van der Waals surface area contributed by atoms with Gasteiger partial charge in [-0.2, -0.15) is 0 Å². The zero-order valence-corrected chi connectivity index (χ0v) is 32.6. The van der Waals surface area contributed by atoms with Gasteiger partial charge in [-0.25, -0.2) is 19.2 Å². The third-order valence-electron chi connectivity index (χ3n) is 9.90. The molecule has 0 saturated carbocycles. The van der Waals surface area contributed by atoms with Gasteiger partial charge in [-0.15, -0.1) is 13.2 Å². The number of H-pyrrole nitrogens is 1. The number of amides is 4. The Morgan fingerprint density at radius 3 is 2.24 bits per heavy atom. The second kappa shape index (κ2) is 16.7. The zero-order chi connectivity index (χ0) is 41.9. The average Bonchev–Trinajstić information content (AvgIpc) is 3.84. The summed E-state index contributed by atoms with van der Waals surface area (Å²) < 4.78 is 65.2. The van der Waals surface area contributed by atoms with Crippen molar-refractivity contribution in [1.82, 2.24) is 30.1 Å². The number of ether oxygens (including phenoxy) is 2. The molecule has 0 radical (unpaired) electrons. The van der Waals surface area contributed by atoms with Crippen molar-refractivity contribution in [3.63, 3.8) is 0 Å². The molecule has 2 aromatic carbocycles. The molecule has 2 saturated heterocycles. The molecule has 4 aromatic rings. The van der Waals surface area contributed by atoms with Gasteiger partial charge in [0.15, 0.2) is 0 Å². The maximum Gasteiger partial charge on any atom is 0.573 e. The predicted octanol–water partition coefficient (Wildman–Crippen LogP) is 6.39. The Kier molecular flexibility index (Phi) is 11.9. The number of benzene rings is 2. The third-order valence-corrected chi connectivity index (χ3v) is 9.90. The number of carbonyl (C=O) groups excluding carboxylic acids is 4. The number of imidazole rings is 1. The molecule has 2 unspecified atom stereocenters. The molecule has 4 heterocycles. The maximum atomic E-state index is 15.5. The second-order valence-electron chi connectivity index (χ2n) is 15.3. The van der Waals surface area contributed by atoms with Crippen LogP contribution < -0.4 is 20.3 Å². The van der Waals surface area contributed by atoms with Crippen molar-refractivity contribution >= 4 is 35.3 Å². The molecule has 0 bridgehead atoms. The number of anilines is 2. The SMILES string of the molecule is COC(=O)NCC(=O)N1CC(C)CC1c1ncc(-c2ccc(-c3cc(F)c(NC(=O)c4ccc(N5CCN(C(=O)C(C)(C)C)CC5)nc4)cc3OC(F)(F)F)cc2)[nH]1. The van der Waals surface area contributed by atoms with Gasteiger partial charge in [0.1, 0.15) is 29.8 Å². The number of aromatic amines is 1. The number of alkyl halides is 3. The Bertz CT molecular complexity index is 2150. The number of rotatable bonds is 9. The van der Waals surface area contributed by atoms with E-state index in [-0.39, 0.29) is 47.0 Å². The summed E-state index contributed by atoms with van der Waals surface area (Å²) in [6.07, 6.45) is -2.37. The van der Waals surface area contributed by atoms with Crippen molar-refractivity contribution in [3.05, 3.63) is 78.1 Å². The largest absolute Gasteiger partial charge is 0.573 e. The minimum absolute atomic E-state index is 0.0435. The fourth-order valence-electron chi connectivity index (χ4n) is 6.98. The van der Waals surface area contributed by atoms with Crippen LogP contribution in [-0.4, -0.2) is 101 Å². The summed E-state index contributed by atoms with van der Waals surface area (Å²) in [6.45, 7) is 9.91. The fourth-order valence-corrected chi connectivity index (χ4v) is 6.98. The van der Waals surface area contributed by atoms with E-state index in [2.05, 4.69) is 35.1 Å². The quantitative estimate of drug-likeness (QED) is 0.163. The van der Waals surface area contributed by atoms with Crippen LogP contribution in [0.15, 0.2) is 60.9 Å². The van der Waals surface area contributed by atoms with Crippen LogP contribution in [0.4, 0.5) is 33.9 Å². The molecule has 2 fully saturated rings. The standard InChI is InChI=1S/C40H44F4N8O6/c1-23-16-31(52(22-23)34(53)21-47-38(56)57-5)35-46-20-30(48-35)25-8-6-24(7-9-25)27-17-28(41)29(18-32(27)58-40(42,43)44)49-36(54)26-10-11-33(45-19-26)50-12-14-51(15-13-50)37(55)39(2,3)4/h6-11,17-20,23,31H,12-16,21-22H2,1-5H3,(H,46,48)(H,47,56)(H,49,54). The lowest BCUT2D eigenvalue weighted by atomic mass is 9.94. The highest BCUT2D eigenvalue weighted by molar-refractivity contribution is 6.04. The van der Waals surface area contributed by atoms with E-state index in [9.17, 15) is 32.3 Å². The Morgan fingerprint density at radius 2 is 1.62 bits per heavy atom. The predicted molar refractivity (Wildman–Crippen MR) is 205 cm³/mol. The van der Waals surface area contributed by atoms with E-state index in [1.165, 1.54) is 31.5 Å². The van der Waals surface area contributed by atoms with Gasteiger partial charge in [0, 0.05) is 56.0 Å². The van der Waals surface area contributed by atoms with Crippen LogP contribution >= 0.6 is 0 Å². The average molecular weight is 809 g/mol. The topological polar surface area (TPSA) is 162 Å². The molecule has 0 aliphatic carbocycles. The van der Waals surface area contributed by atoms with Crippen LogP contribution in [0.25, 0.3) is 22.4 Å². The number of pyridine rings is 1. The van der Waals surface area contributed by atoms with E-state index < -0.39 is 41.0 Å². The minimum atomic E-state index is -5.13. The first-order valence-electron chi connectivity index (χ1n) is 18.6. The number of hydrogen-bond donors (Lipinski definition) is 3. The van der Waals surface area contributed by atoms with E-state index in [1.54, 1.807) is 34.2 Å². The highest BCUT2D eigenvalue weighted by atomic mass is 19.4. The van der Waals surface area contributed by atoms with Crippen molar-refractivity contribution < 1.29 is 46.2 Å². The summed E-state index contributed by atoms with van der Waals surface area (Å²) in [7, 11) is 1.20. The number of hydrogen-bond acceptors (Lipinski definition) is 9. The van der Waals surface area contributed by atoms with Gasteiger partial charge in [0.05, 0.1) is 36.3 Å². The van der Waals surface area contributed by atoms with Crippen molar-refractivity contribution in [1.29, 1.82) is 0 Å². The van der Waals surface area contributed by atoms with E-state index in [0.717, 1.165) is 12.1 Å². The number of likely N-dealkylation sites (tertiary alicyclic amines) is 1. The number of piperazine rings is 1. The summed E-state index contributed by atoms with van der Waals surface area (Å²) in [6, 6.07) is 10.5. The number of aromatic nitrogens is 3. The zero-order valence-electron chi connectivity index (χ0n) is 32.6. The molecule has 18 heteroatoms. The van der Waals surface area contributed by atoms with Crippen LogP contribution in [0.1, 0.15) is 56.3 Å². The van der Waals surface area contributed by atoms with E-state index in [0.29, 0.717) is 62.0 Å². The first kappa shape index (κ1) is 41.4.